The van der Waals surface area contributed by atoms with Gasteiger partial charge in [-0.1, -0.05) is 24.3 Å². The molecule has 0 bridgehead atoms. The summed E-state index contributed by atoms with van der Waals surface area (Å²) in [5.41, 5.74) is 1.56. The number of aliphatic carboxylic acids is 1. The maximum absolute atomic E-state index is 13.0. The molecule has 1 unspecified atom stereocenters. The van der Waals surface area contributed by atoms with Gasteiger partial charge in [0.25, 0.3) is 0 Å². The van der Waals surface area contributed by atoms with Gasteiger partial charge < -0.3 is 9.84 Å². The maximum atomic E-state index is 13.0. The van der Waals surface area contributed by atoms with E-state index >= 15 is 0 Å². The first-order valence-electron chi connectivity index (χ1n) is 10.2. The summed E-state index contributed by atoms with van der Waals surface area (Å²) in [4.78, 5) is 24.3. The molecule has 3 atom stereocenters. The number of hydrogen-bond acceptors (Lipinski definition) is 4. The molecule has 0 aliphatic heterocycles. The predicted octanol–water partition coefficient (Wildman–Crippen LogP) is 4.99. The summed E-state index contributed by atoms with van der Waals surface area (Å²) in [6.07, 6.45) is 3.34. The van der Waals surface area contributed by atoms with Crippen LogP contribution in [0.4, 0.5) is 4.39 Å². The molecule has 1 N–H and O–H groups in total. The number of halogens is 1. The molecule has 1 saturated carbocycles. The molecule has 0 spiro atoms. The number of benzene rings is 2. The summed E-state index contributed by atoms with van der Waals surface area (Å²) >= 11 is 0. The Hall–Kier alpha value is -3.46. The fourth-order valence-corrected chi connectivity index (χ4v) is 4.24. The average Bonchev–Trinajstić information content (AvgIpc) is 3.22. The molecule has 1 aliphatic carbocycles. The van der Waals surface area contributed by atoms with Crippen LogP contribution in [0.3, 0.4) is 0 Å². The van der Waals surface area contributed by atoms with Gasteiger partial charge >= 0.3 is 5.97 Å². The number of ether oxygens (including phenoxy) is 1. The minimum absolute atomic E-state index is 0.0195. The van der Waals surface area contributed by atoms with E-state index in [-0.39, 0.29) is 35.4 Å². The third kappa shape index (κ3) is 5.58. The number of carbonyl (C=O) groups excluding carboxylic acids is 1. The van der Waals surface area contributed by atoms with Gasteiger partial charge in [0.05, 0.1) is 18.6 Å². The Morgan fingerprint density at radius 2 is 1.84 bits per heavy atom. The molecule has 0 aromatic heterocycles. The van der Waals surface area contributed by atoms with E-state index in [4.69, 9.17) is 4.74 Å². The highest BCUT2D eigenvalue weighted by atomic mass is 19.1. The molecular weight excluding hydrogens is 397 g/mol. The SMILES string of the molecule is COc1ccc([C@@H]2CC(CCC(=O)/C(C#N)=C/c3ccc(F)cc3)C[C@H]2C(=O)O)cc1. The largest absolute Gasteiger partial charge is 0.497 e. The van der Waals surface area contributed by atoms with E-state index in [0.29, 0.717) is 30.6 Å². The third-order valence-corrected chi connectivity index (χ3v) is 5.90. The van der Waals surface area contributed by atoms with Crippen molar-refractivity contribution in [2.24, 2.45) is 11.8 Å². The smallest absolute Gasteiger partial charge is 0.307 e. The van der Waals surface area contributed by atoms with E-state index in [2.05, 4.69) is 0 Å². The zero-order chi connectivity index (χ0) is 22.4. The van der Waals surface area contributed by atoms with Gasteiger partial charge in [0, 0.05) is 6.42 Å². The predicted molar refractivity (Wildman–Crippen MR) is 114 cm³/mol. The number of carbonyl (C=O) groups is 2. The lowest BCUT2D eigenvalue weighted by Gasteiger charge is -2.16. The van der Waals surface area contributed by atoms with Gasteiger partial charge in [0.2, 0.25) is 0 Å². The van der Waals surface area contributed by atoms with E-state index in [0.717, 1.165) is 5.56 Å². The van der Waals surface area contributed by atoms with Crippen LogP contribution in [0.5, 0.6) is 5.75 Å². The van der Waals surface area contributed by atoms with Gasteiger partial charge in [-0.3, -0.25) is 9.59 Å². The standard InChI is InChI=1S/C25H24FNO4/c1-31-21-9-5-18(6-10-21)22-13-17(14-23(22)25(29)30)4-11-24(28)19(15-27)12-16-2-7-20(26)8-3-16/h2-3,5-10,12,17,22-23H,4,11,13-14H2,1H3,(H,29,30)/b19-12+/t17?,22-,23+/m0/s1. The van der Waals surface area contributed by atoms with Crippen LogP contribution in [0, 0.1) is 29.0 Å². The number of nitrogens with zero attached hydrogens (tertiary/aromatic N) is 1. The Kier molecular flexibility index (Phi) is 7.19. The number of nitriles is 1. The highest BCUT2D eigenvalue weighted by Gasteiger charge is 2.39. The summed E-state index contributed by atoms with van der Waals surface area (Å²) in [7, 11) is 1.58. The van der Waals surface area contributed by atoms with Crippen LogP contribution in [0.1, 0.15) is 42.7 Å². The molecular formula is C25H24FNO4. The molecule has 2 aromatic carbocycles. The van der Waals surface area contributed by atoms with E-state index in [9.17, 15) is 24.3 Å². The highest BCUT2D eigenvalue weighted by molar-refractivity contribution is 6.03. The average molecular weight is 421 g/mol. The van der Waals surface area contributed by atoms with Crippen molar-refractivity contribution in [2.75, 3.05) is 7.11 Å². The van der Waals surface area contributed by atoms with Gasteiger partial charge in [-0.25, -0.2) is 4.39 Å². The van der Waals surface area contributed by atoms with Crippen LogP contribution in [0.2, 0.25) is 0 Å². The molecule has 1 aliphatic rings. The minimum Gasteiger partial charge on any atom is -0.497 e. The molecule has 1 fully saturated rings. The first-order chi connectivity index (χ1) is 14.9. The number of Topliss-reactive ketones (excluding diaryl/α,β-unsaturated/α-hetero) is 1. The summed E-state index contributed by atoms with van der Waals surface area (Å²) < 4.78 is 18.2. The number of carboxylic acids is 1. The van der Waals surface area contributed by atoms with Crippen LogP contribution in [0.25, 0.3) is 6.08 Å². The third-order valence-electron chi connectivity index (χ3n) is 5.90. The summed E-state index contributed by atoms with van der Waals surface area (Å²) in [6, 6.07) is 14.9. The van der Waals surface area contributed by atoms with E-state index in [1.165, 1.54) is 30.3 Å². The van der Waals surface area contributed by atoms with Gasteiger partial charge in [0.15, 0.2) is 5.78 Å². The fraction of sp³-hybridized carbons (Fsp3) is 0.320. The lowest BCUT2D eigenvalue weighted by Crippen LogP contribution is -2.16. The monoisotopic (exact) mass is 421 g/mol. The Balaban J connectivity index is 1.65. The van der Waals surface area contributed by atoms with Crippen molar-refractivity contribution in [1.82, 2.24) is 0 Å². The first kappa shape index (κ1) is 22.2. The topological polar surface area (TPSA) is 87.4 Å². The molecule has 6 heteroatoms. The normalized spacial score (nSPS) is 20.8. The van der Waals surface area contributed by atoms with Crippen molar-refractivity contribution in [2.45, 2.75) is 31.6 Å². The number of methoxy groups -OCH3 is 1. The van der Waals surface area contributed by atoms with Crippen molar-refractivity contribution in [3.05, 3.63) is 71.0 Å². The Morgan fingerprint density at radius 3 is 2.42 bits per heavy atom. The summed E-state index contributed by atoms with van der Waals surface area (Å²) in [6.45, 7) is 0. The van der Waals surface area contributed by atoms with E-state index < -0.39 is 11.9 Å². The lowest BCUT2D eigenvalue weighted by atomic mass is 9.89. The second kappa shape index (κ2) is 10.0. The Morgan fingerprint density at radius 1 is 1.16 bits per heavy atom. The van der Waals surface area contributed by atoms with Crippen LogP contribution in [0.15, 0.2) is 54.1 Å². The van der Waals surface area contributed by atoms with Gasteiger partial charge in [-0.15, -0.1) is 0 Å². The number of ketones is 1. The van der Waals surface area contributed by atoms with Crippen LogP contribution in [-0.4, -0.2) is 24.0 Å². The number of rotatable bonds is 8. The van der Waals surface area contributed by atoms with E-state index in [1.807, 2.05) is 30.3 Å². The van der Waals surface area contributed by atoms with Crippen LogP contribution in [-0.2, 0) is 9.59 Å². The first-order valence-corrected chi connectivity index (χ1v) is 10.2. The minimum atomic E-state index is -0.830. The summed E-state index contributed by atoms with van der Waals surface area (Å²) in [5.74, 6) is -1.32. The Labute approximate surface area is 180 Å². The Bertz CT molecular complexity index is 1010. The quantitative estimate of drug-likeness (QED) is 0.479. The van der Waals surface area contributed by atoms with Crippen molar-refractivity contribution < 1.29 is 23.8 Å². The second-order valence-electron chi connectivity index (χ2n) is 7.85. The molecule has 0 radical (unpaired) electrons. The van der Waals surface area contributed by atoms with Crippen LogP contribution < -0.4 is 4.74 Å². The number of carboxylic acid groups (broad SMARTS) is 1. The zero-order valence-corrected chi connectivity index (χ0v) is 17.3. The highest BCUT2D eigenvalue weighted by Crippen LogP contribution is 2.45. The molecule has 0 saturated heterocycles. The molecule has 31 heavy (non-hydrogen) atoms. The molecule has 2 aromatic rings. The zero-order valence-electron chi connectivity index (χ0n) is 17.3. The number of allylic oxidation sites excluding steroid dienone is 1. The molecule has 0 amide bonds. The van der Waals surface area contributed by atoms with Gasteiger partial charge in [-0.2, -0.15) is 5.26 Å². The molecule has 0 heterocycles. The van der Waals surface area contributed by atoms with Gasteiger partial charge in [0.1, 0.15) is 17.6 Å². The van der Waals surface area contributed by atoms with Crippen molar-refractivity contribution in [1.29, 1.82) is 5.26 Å². The molecule has 160 valence electrons. The summed E-state index contributed by atoms with van der Waals surface area (Å²) in [5, 5.41) is 19.0. The van der Waals surface area contributed by atoms with E-state index in [1.54, 1.807) is 7.11 Å². The molecule has 3 rings (SSSR count). The van der Waals surface area contributed by atoms with Crippen molar-refractivity contribution in [3.63, 3.8) is 0 Å². The lowest BCUT2D eigenvalue weighted by molar-refractivity contribution is -0.142. The number of hydrogen-bond donors (Lipinski definition) is 1. The maximum Gasteiger partial charge on any atom is 0.307 e. The van der Waals surface area contributed by atoms with Crippen LogP contribution >= 0.6 is 0 Å². The van der Waals surface area contributed by atoms with Gasteiger partial charge in [-0.05, 0) is 72.6 Å². The van der Waals surface area contributed by atoms with Crippen molar-refractivity contribution >= 4 is 17.8 Å². The fourth-order valence-electron chi connectivity index (χ4n) is 4.24. The molecule has 5 nitrogen and oxygen atoms in total. The van der Waals surface area contributed by atoms with Crippen molar-refractivity contribution in [3.8, 4) is 11.8 Å². The second-order valence-corrected chi connectivity index (χ2v) is 7.85.